The van der Waals surface area contributed by atoms with E-state index in [2.05, 4.69) is 4.98 Å². The van der Waals surface area contributed by atoms with E-state index in [1.54, 1.807) is 30.2 Å². The van der Waals surface area contributed by atoms with Crippen molar-refractivity contribution in [3.63, 3.8) is 0 Å². The van der Waals surface area contributed by atoms with Gasteiger partial charge in [0.1, 0.15) is 16.4 Å². The van der Waals surface area contributed by atoms with Gasteiger partial charge in [-0.15, -0.1) is 11.3 Å². The van der Waals surface area contributed by atoms with Crippen molar-refractivity contribution in [2.75, 3.05) is 6.54 Å². The molecule has 3 aromatic rings. The summed E-state index contributed by atoms with van der Waals surface area (Å²) in [6.45, 7) is 5.65. The molecule has 1 aromatic carbocycles. The van der Waals surface area contributed by atoms with Gasteiger partial charge in [0.15, 0.2) is 17.2 Å². The normalized spacial score (nSPS) is 19.4. The van der Waals surface area contributed by atoms with Gasteiger partial charge < -0.3 is 14.6 Å². The van der Waals surface area contributed by atoms with Crippen LogP contribution in [-0.2, 0) is 16.8 Å². The minimum Gasteiger partial charge on any atom is -0.503 e. The van der Waals surface area contributed by atoms with Crippen LogP contribution in [-0.4, -0.2) is 43.8 Å². The van der Waals surface area contributed by atoms with Crippen molar-refractivity contribution in [3.8, 4) is 16.3 Å². The number of hydrogen-bond donors (Lipinski definition) is 1. The Balaban J connectivity index is 1.56. The number of ketones is 1. The molecule has 1 amide bonds. The van der Waals surface area contributed by atoms with Crippen LogP contribution >= 0.6 is 11.3 Å². The number of nitrogens with zero attached hydrogens (tertiary/aromatic N) is 3. The molecule has 7 nitrogen and oxygen atoms in total. The number of carbonyl (C=O) groups is 2. The van der Waals surface area contributed by atoms with Crippen LogP contribution in [0.4, 0.5) is 4.39 Å². The molecule has 0 unspecified atom stereocenters. The van der Waals surface area contributed by atoms with Gasteiger partial charge in [-0.2, -0.15) is 0 Å². The maximum atomic E-state index is 13.6. The Hall–Kier alpha value is -3.33. The number of carbonyl (C=O) groups excluding carboxylic acids is 2. The van der Waals surface area contributed by atoms with Crippen molar-refractivity contribution in [2.24, 2.45) is 5.92 Å². The number of benzene rings is 1. The second-order valence-corrected chi connectivity index (χ2v) is 11.7. The SMILES string of the molecule is CC(C)N1C[C@@](C)(C(=O)CCC2CC2)n2cc(-c3ncc(Cc4ccc(F)cc4)s3)c(=O)c(O)c2C1=O. The monoisotopic (exact) mass is 523 g/mol. The van der Waals surface area contributed by atoms with Gasteiger partial charge in [0, 0.05) is 36.2 Å². The summed E-state index contributed by atoms with van der Waals surface area (Å²) >= 11 is 1.29. The molecule has 0 spiro atoms. The molecule has 0 radical (unpaired) electrons. The van der Waals surface area contributed by atoms with E-state index < -0.39 is 22.6 Å². The molecule has 1 fully saturated rings. The lowest BCUT2D eigenvalue weighted by atomic mass is 9.87. The van der Waals surface area contributed by atoms with E-state index in [-0.39, 0.29) is 35.4 Å². The second-order valence-electron chi connectivity index (χ2n) is 10.6. The van der Waals surface area contributed by atoms with Crippen LogP contribution in [0, 0.1) is 11.7 Å². The zero-order chi connectivity index (χ0) is 26.5. The van der Waals surface area contributed by atoms with Crippen molar-refractivity contribution < 1.29 is 19.1 Å². The molecule has 2 aliphatic rings. The van der Waals surface area contributed by atoms with E-state index in [4.69, 9.17) is 0 Å². The number of aromatic hydroxyl groups is 1. The quantitative estimate of drug-likeness (QED) is 0.460. The predicted molar refractivity (Wildman–Crippen MR) is 139 cm³/mol. The second kappa shape index (κ2) is 9.52. The summed E-state index contributed by atoms with van der Waals surface area (Å²) in [5, 5.41) is 11.4. The summed E-state index contributed by atoms with van der Waals surface area (Å²) in [4.78, 5) is 47.1. The highest BCUT2D eigenvalue weighted by Crippen LogP contribution is 2.38. The van der Waals surface area contributed by atoms with Crippen molar-refractivity contribution in [1.82, 2.24) is 14.5 Å². The maximum Gasteiger partial charge on any atom is 0.274 e. The third-order valence-corrected chi connectivity index (χ3v) is 8.46. The number of hydrogen-bond acceptors (Lipinski definition) is 6. The standard InChI is InChI=1S/C28H30FN3O4S/c1-16(2)31-15-28(3,22(33)11-8-17-4-5-17)32-14-21(24(34)25(35)23(32)27(31)36)26-30-13-20(37-26)12-18-6-9-19(29)10-7-18/h6-7,9-10,13-14,16-17,35H,4-5,8,11-12,15H2,1-3H3/t28-/m0/s1. The number of amides is 1. The van der Waals surface area contributed by atoms with Gasteiger partial charge in [-0.3, -0.25) is 14.4 Å². The number of aromatic nitrogens is 2. The number of thiazole rings is 1. The summed E-state index contributed by atoms with van der Waals surface area (Å²) < 4.78 is 14.8. The lowest BCUT2D eigenvalue weighted by Crippen LogP contribution is -2.58. The van der Waals surface area contributed by atoms with Crippen molar-refractivity contribution in [1.29, 1.82) is 0 Å². The number of rotatable bonds is 8. The summed E-state index contributed by atoms with van der Waals surface area (Å²) in [6.07, 6.45) is 7.13. The molecule has 2 aromatic heterocycles. The van der Waals surface area contributed by atoms with Crippen LogP contribution in [0.2, 0.25) is 0 Å². The van der Waals surface area contributed by atoms with E-state index in [0.29, 0.717) is 23.8 Å². The Kier molecular flexibility index (Phi) is 6.52. The number of halogens is 1. The molecule has 9 heteroatoms. The fourth-order valence-corrected chi connectivity index (χ4v) is 5.88. The highest BCUT2D eigenvalue weighted by molar-refractivity contribution is 7.15. The molecule has 5 rings (SSSR count). The Bertz CT molecular complexity index is 1420. The molecule has 0 bridgehead atoms. The molecule has 0 saturated heterocycles. The van der Waals surface area contributed by atoms with Crippen molar-refractivity contribution in [2.45, 2.75) is 64.5 Å². The Morgan fingerprint density at radius 2 is 1.95 bits per heavy atom. The predicted octanol–water partition coefficient (Wildman–Crippen LogP) is 4.75. The topological polar surface area (TPSA) is 92.5 Å². The molecule has 194 valence electrons. The molecule has 1 atom stereocenters. The van der Waals surface area contributed by atoms with Crippen LogP contribution in [0.1, 0.15) is 67.4 Å². The van der Waals surface area contributed by atoms with Crippen LogP contribution < -0.4 is 5.43 Å². The molecule has 1 aliphatic carbocycles. The van der Waals surface area contributed by atoms with E-state index in [1.165, 1.54) is 34.2 Å². The average Bonchev–Trinajstić information content (AvgIpc) is 3.59. The Labute approximate surface area is 218 Å². The minimum absolute atomic E-state index is 0.0241. The number of pyridine rings is 1. The van der Waals surface area contributed by atoms with Crippen LogP contribution in [0.5, 0.6) is 5.75 Å². The van der Waals surface area contributed by atoms with Crippen molar-refractivity contribution in [3.05, 3.63) is 68.8 Å². The van der Waals surface area contributed by atoms with Gasteiger partial charge in [0.25, 0.3) is 5.91 Å². The van der Waals surface area contributed by atoms with Crippen molar-refractivity contribution >= 4 is 23.0 Å². The van der Waals surface area contributed by atoms with Crippen LogP contribution in [0.15, 0.2) is 41.5 Å². The summed E-state index contributed by atoms with van der Waals surface area (Å²) in [5.74, 6) is -0.897. The molecule has 1 saturated carbocycles. The average molecular weight is 524 g/mol. The molecule has 1 N–H and O–H groups in total. The van der Waals surface area contributed by atoms with Gasteiger partial charge in [0.05, 0.1) is 12.1 Å². The van der Waals surface area contributed by atoms with E-state index in [0.717, 1.165) is 29.7 Å². The van der Waals surface area contributed by atoms with Gasteiger partial charge in [0.2, 0.25) is 5.43 Å². The number of fused-ring (bicyclic) bond motifs is 1. The van der Waals surface area contributed by atoms with E-state index in [9.17, 15) is 23.9 Å². The van der Waals surface area contributed by atoms with Gasteiger partial charge in [-0.05, 0) is 50.8 Å². The van der Waals surface area contributed by atoms with E-state index >= 15 is 0 Å². The molecular formula is C28H30FN3O4S. The summed E-state index contributed by atoms with van der Waals surface area (Å²) in [7, 11) is 0. The lowest BCUT2D eigenvalue weighted by Gasteiger charge is -2.44. The first-order valence-electron chi connectivity index (χ1n) is 12.6. The van der Waals surface area contributed by atoms with Gasteiger partial charge in [-0.25, -0.2) is 9.37 Å². The first-order valence-corrected chi connectivity index (χ1v) is 13.4. The molecule has 1 aliphatic heterocycles. The third kappa shape index (κ3) is 4.72. The third-order valence-electron chi connectivity index (χ3n) is 7.43. The first-order chi connectivity index (χ1) is 17.6. The van der Waals surface area contributed by atoms with Crippen LogP contribution in [0.25, 0.3) is 10.6 Å². The van der Waals surface area contributed by atoms with Crippen LogP contribution in [0.3, 0.4) is 0 Å². The Morgan fingerprint density at radius 1 is 1.24 bits per heavy atom. The summed E-state index contributed by atoms with van der Waals surface area (Å²) in [5.41, 5.74) is -0.936. The highest BCUT2D eigenvalue weighted by atomic mass is 32.1. The van der Waals surface area contributed by atoms with E-state index in [1.807, 2.05) is 13.8 Å². The largest absolute Gasteiger partial charge is 0.503 e. The maximum absolute atomic E-state index is 13.6. The first kappa shape index (κ1) is 25.3. The zero-order valence-corrected chi connectivity index (χ0v) is 22.0. The Morgan fingerprint density at radius 3 is 2.59 bits per heavy atom. The summed E-state index contributed by atoms with van der Waals surface area (Å²) in [6, 6.07) is 5.96. The molecule has 37 heavy (non-hydrogen) atoms. The zero-order valence-electron chi connectivity index (χ0n) is 21.2. The smallest absolute Gasteiger partial charge is 0.274 e. The highest BCUT2D eigenvalue weighted by Gasteiger charge is 2.47. The lowest BCUT2D eigenvalue weighted by molar-refractivity contribution is -0.128. The van der Waals surface area contributed by atoms with Gasteiger partial charge in [-0.1, -0.05) is 25.0 Å². The fraction of sp³-hybridized carbons (Fsp3) is 0.429. The number of Topliss-reactive ketones (excluding diaryl/α,β-unsaturated/α-hetero) is 1. The fourth-order valence-electron chi connectivity index (χ4n) is 4.93. The molecule has 3 heterocycles. The minimum atomic E-state index is -1.13. The molecular weight excluding hydrogens is 493 g/mol. The van der Waals surface area contributed by atoms with Gasteiger partial charge >= 0.3 is 0 Å².